The van der Waals surface area contributed by atoms with E-state index in [2.05, 4.69) is 10.3 Å². The maximum absolute atomic E-state index is 11.7. The molecule has 0 amide bonds. The van der Waals surface area contributed by atoms with E-state index in [1.165, 1.54) is 7.11 Å². The third-order valence-electron chi connectivity index (χ3n) is 2.48. The van der Waals surface area contributed by atoms with Gasteiger partial charge in [0.05, 0.1) is 19.2 Å². The Hall–Kier alpha value is -1.59. The van der Waals surface area contributed by atoms with E-state index < -0.39 is 5.97 Å². The highest BCUT2D eigenvalue weighted by atomic mass is 35.5. The topological polar surface area (TPSA) is 51.2 Å². The number of nitrogens with one attached hydrogen (secondary N) is 1. The fourth-order valence-electron chi connectivity index (χ4n) is 1.60. The van der Waals surface area contributed by atoms with Crippen molar-refractivity contribution in [1.29, 1.82) is 0 Å². The number of aromatic nitrogens is 1. The lowest BCUT2D eigenvalue weighted by Gasteiger charge is -2.10. The first kappa shape index (κ1) is 13.8. The number of thiazole rings is 1. The predicted octanol–water partition coefficient (Wildman–Crippen LogP) is 3.50. The highest BCUT2D eigenvalue weighted by Gasteiger charge is 2.12. The van der Waals surface area contributed by atoms with Crippen LogP contribution in [0, 0.1) is 6.92 Å². The molecule has 2 aromatic rings. The van der Waals surface area contributed by atoms with Crippen molar-refractivity contribution in [2.75, 3.05) is 12.4 Å². The van der Waals surface area contributed by atoms with Gasteiger partial charge >= 0.3 is 5.97 Å². The molecule has 100 valence electrons. The van der Waals surface area contributed by atoms with Gasteiger partial charge in [-0.05, 0) is 25.1 Å². The van der Waals surface area contributed by atoms with Gasteiger partial charge in [0.25, 0.3) is 0 Å². The van der Waals surface area contributed by atoms with Crippen molar-refractivity contribution in [1.82, 2.24) is 4.98 Å². The van der Waals surface area contributed by atoms with Crippen molar-refractivity contribution in [2.45, 2.75) is 13.5 Å². The van der Waals surface area contributed by atoms with E-state index in [0.717, 1.165) is 10.7 Å². The third-order valence-corrected chi connectivity index (χ3v) is 3.69. The number of benzene rings is 1. The van der Waals surface area contributed by atoms with Gasteiger partial charge in [0.15, 0.2) is 0 Å². The lowest BCUT2D eigenvalue weighted by atomic mass is 10.2. The number of nitrogens with zero attached hydrogens (tertiary/aromatic N) is 1. The number of halogens is 1. The molecule has 0 aliphatic heterocycles. The number of hydrogen-bond donors (Lipinski definition) is 1. The summed E-state index contributed by atoms with van der Waals surface area (Å²) in [5.74, 6) is -0.416. The highest BCUT2D eigenvalue weighted by molar-refractivity contribution is 7.09. The van der Waals surface area contributed by atoms with E-state index in [9.17, 15) is 4.79 Å². The summed E-state index contributed by atoms with van der Waals surface area (Å²) in [6, 6.07) is 5.07. The summed E-state index contributed by atoms with van der Waals surface area (Å²) in [7, 11) is 1.34. The minimum atomic E-state index is -0.416. The van der Waals surface area contributed by atoms with Gasteiger partial charge in [-0.1, -0.05) is 11.6 Å². The van der Waals surface area contributed by atoms with Crippen LogP contribution in [0.5, 0.6) is 0 Å². The molecule has 0 atom stereocenters. The number of ether oxygens (including phenoxy) is 1. The molecular weight excluding hydrogens is 284 g/mol. The molecule has 0 spiro atoms. The van der Waals surface area contributed by atoms with Crippen LogP contribution in [0.4, 0.5) is 5.69 Å². The molecule has 19 heavy (non-hydrogen) atoms. The van der Waals surface area contributed by atoms with Gasteiger partial charge in [0.1, 0.15) is 5.01 Å². The van der Waals surface area contributed by atoms with E-state index in [-0.39, 0.29) is 0 Å². The van der Waals surface area contributed by atoms with Gasteiger partial charge in [-0.3, -0.25) is 0 Å². The SMILES string of the molecule is COC(=O)c1cc(Cl)ccc1NCc1nc(C)cs1. The number of methoxy groups -OCH3 is 1. The smallest absolute Gasteiger partial charge is 0.340 e. The van der Waals surface area contributed by atoms with Crippen LogP contribution in [0.1, 0.15) is 21.1 Å². The second-order valence-corrected chi connectivity index (χ2v) is 5.30. The van der Waals surface area contributed by atoms with Crippen LogP contribution in [-0.4, -0.2) is 18.1 Å². The molecule has 1 aromatic heterocycles. The van der Waals surface area contributed by atoms with E-state index >= 15 is 0 Å². The van der Waals surface area contributed by atoms with Gasteiger partial charge in [0.2, 0.25) is 0 Å². The third kappa shape index (κ3) is 3.45. The average molecular weight is 297 g/mol. The molecule has 0 fully saturated rings. The first-order chi connectivity index (χ1) is 9.10. The largest absolute Gasteiger partial charge is 0.465 e. The minimum absolute atomic E-state index is 0.416. The number of rotatable bonds is 4. The molecule has 4 nitrogen and oxygen atoms in total. The van der Waals surface area contributed by atoms with Crippen LogP contribution >= 0.6 is 22.9 Å². The van der Waals surface area contributed by atoms with Crippen molar-refractivity contribution in [3.63, 3.8) is 0 Å². The molecule has 6 heteroatoms. The Kier molecular flexibility index (Phi) is 4.39. The minimum Gasteiger partial charge on any atom is -0.465 e. The van der Waals surface area contributed by atoms with E-state index in [0.29, 0.717) is 22.8 Å². The van der Waals surface area contributed by atoms with Crippen LogP contribution in [0.2, 0.25) is 5.02 Å². The number of esters is 1. The maximum atomic E-state index is 11.7. The van der Waals surface area contributed by atoms with Crippen LogP contribution in [0.15, 0.2) is 23.6 Å². The number of hydrogen-bond acceptors (Lipinski definition) is 5. The van der Waals surface area contributed by atoms with Crippen LogP contribution in [0.25, 0.3) is 0 Å². The molecule has 1 heterocycles. The second-order valence-electron chi connectivity index (χ2n) is 3.92. The Labute approximate surface area is 120 Å². The van der Waals surface area contributed by atoms with Crippen molar-refractivity contribution in [2.24, 2.45) is 0 Å². The van der Waals surface area contributed by atoms with Crippen LogP contribution in [-0.2, 0) is 11.3 Å². The molecule has 0 radical (unpaired) electrons. The summed E-state index contributed by atoms with van der Waals surface area (Å²) in [6.07, 6.45) is 0. The summed E-state index contributed by atoms with van der Waals surface area (Å²) >= 11 is 7.47. The van der Waals surface area contributed by atoms with Gasteiger partial charge < -0.3 is 10.1 Å². The van der Waals surface area contributed by atoms with Crippen LogP contribution < -0.4 is 5.32 Å². The zero-order valence-corrected chi connectivity index (χ0v) is 12.1. The average Bonchev–Trinajstić information content (AvgIpc) is 2.82. The Morgan fingerprint density at radius 2 is 2.32 bits per heavy atom. The second kappa shape index (κ2) is 6.04. The molecule has 0 saturated heterocycles. The summed E-state index contributed by atoms with van der Waals surface area (Å²) in [5, 5.41) is 6.62. The number of aryl methyl sites for hydroxylation is 1. The molecule has 0 unspecified atom stereocenters. The van der Waals surface area contributed by atoms with Crippen molar-refractivity contribution >= 4 is 34.6 Å². The summed E-state index contributed by atoms with van der Waals surface area (Å²) in [4.78, 5) is 16.0. The maximum Gasteiger partial charge on any atom is 0.340 e. The Morgan fingerprint density at radius 1 is 1.53 bits per heavy atom. The van der Waals surface area contributed by atoms with Gasteiger partial charge in [-0.2, -0.15) is 0 Å². The molecule has 0 aliphatic rings. The lowest BCUT2D eigenvalue weighted by Crippen LogP contribution is -2.08. The Bertz CT molecular complexity index is 598. The fourth-order valence-corrected chi connectivity index (χ4v) is 2.49. The van der Waals surface area contributed by atoms with Crippen molar-refractivity contribution < 1.29 is 9.53 Å². The number of anilines is 1. The first-order valence-electron chi connectivity index (χ1n) is 5.63. The molecule has 1 N–H and O–H groups in total. The van der Waals surface area contributed by atoms with Crippen molar-refractivity contribution in [3.8, 4) is 0 Å². The summed E-state index contributed by atoms with van der Waals surface area (Å²) in [5.41, 5.74) is 2.10. The van der Waals surface area contributed by atoms with E-state index in [1.54, 1.807) is 29.5 Å². The first-order valence-corrected chi connectivity index (χ1v) is 6.88. The Morgan fingerprint density at radius 3 is 2.95 bits per heavy atom. The van der Waals surface area contributed by atoms with Gasteiger partial charge in [0, 0.05) is 21.8 Å². The monoisotopic (exact) mass is 296 g/mol. The molecule has 0 bridgehead atoms. The lowest BCUT2D eigenvalue weighted by molar-refractivity contribution is 0.0602. The highest BCUT2D eigenvalue weighted by Crippen LogP contribution is 2.22. The van der Waals surface area contributed by atoms with E-state index in [1.807, 2.05) is 12.3 Å². The van der Waals surface area contributed by atoms with Gasteiger partial charge in [-0.15, -0.1) is 11.3 Å². The fraction of sp³-hybridized carbons (Fsp3) is 0.231. The molecule has 1 aromatic carbocycles. The number of carbonyl (C=O) groups excluding carboxylic acids is 1. The zero-order valence-electron chi connectivity index (χ0n) is 10.6. The molecule has 0 aliphatic carbocycles. The van der Waals surface area contributed by atoms with E-state index in [4.69, 9.17) is 16.3 Å². The zero-order chi connectivity index (χ0) is 13.8. The molecule has 0 saturated carbocycles. The van der Waals surface area contributed by atoms with Crippen LogP contribution in [0.3, 0.4) is 0 Å². The van der Waals surface area contributed by atoms with Gasteiger partial charge in [-0.25, -0.2) is 9.78 Å². The predicted molar refractivity (Wildman–Crippen MR) is 77.0 cm³/mol. The summed E-state index contributed by atoms with van der Waals surface area (Å²) < 4.78 is 4.74. The normalized spacial score (nSPS) is 10.3. The molecular formula is C13H13ClN2O2S. The quantitative estimate of drug-likeness (QED) is 0.877. The summed E-state index contributed by atoms with van der Waals surface area (Å²) in [6.45, 7) is 2.51. The number of carbonyl (C=O) groups is 1. The Balaban J connectivity index is 2.17. The van der Waals surface area contributed by atoms with Crippen molar-refractivity contribution in [3.05, 3.63) is 44.9 Å². The standard InChI is InChI=1S/C13H13ClN2O2S/c1-8-7-19-12(16-8)6-15-11-4-3-9(14)5-10(11)13(17)18-2/h3-5,7,15H,6H2,1-2H3. The molecule has 2 rings (SSSR count).